The van der Waals surface area contributed by atoms with Crippen LogP contribution in [0, 0.1) is 3.57 Å². The van der Waals surface area contributed by atoms with Crippen LogP contribution in [-0.2, 0) is 4.74 Å². The van der Waals surface area contributed by atoms with Gasteiger partial charge in [0, 0.05) is 13.2 Å². The van der Waals surface area contributed by atoms with Gasteiger partial charge in [-0.1, -0.05) is 0 Å². The van der Waals surface area contributed by atoms with Crippen molar-refractivity contribution in [3.63, 3.8) is 0 Å². The molecule has 86 valence electrons. The van der Waals surface area contributed by atoms with Crippen LogP contribution in [0.3, 0.4) is 0 Å². The SMILES string of the molecule is CCOC(O)c1c(I)cnn1[C@@H](C)CN. The lowest BCUT2D eigenvalue weighted by molar-refractivity contribution is -0.104. The third kappa shape index (κ3) is 2.90. The summed E-state index contributed by atoms with van der Waals surface area (Å²) in [5.74, 6) is 0. The topological polar surface area (TPSA) is 73.3 Å². The Morgan fingerprint density at radius 3 is 2.93 bits per heavy atom. The molecule has 1 heterocycles. The minimum atomic E-state index is -0.932. The number of aromatic nitrogens is 2. The van der Waals surface area contributed by atoms with Crippen LogP contribution < -0.4 is 5.73 Å². The Hall–Kier alpha value is -0.180. The van der Waals surface area contributed by atoms with E-state index in [0.717, 1.165) is 3.57 Å². The summed E-state index contributed by atoms with van der Waals surface area (Å²) >= 11 is 2.12. The maximum Gasteiger partial charge on any atom is 0.199 e. The molecule has 0 aromatic carbocycles. The van der Waals surface area contributed by atoms with Crippen LogP contribution in [0.2, 0.25) is 0 Å². The van der Waals surface area contributed by atoms with Crippen molar-refractivity contribution in [2.45, 2.75) is 26.2 Å². The Balaban J connectivity index is 2.98. The van der Waals surface area contributed by atoms with Crippen molar-refractivity contribution in [2.75, 3.05) is 13.2 Å². The van der Waals surface area contributed by atoms with Gasteiger partial charge in [0.25, 0.3) is 0 Å². The molecule has 15 heavy (non-hydrogen) atoms. The average Bonchev–Trinajstić information content (AvgIpc) is 2.59. The predicted molar refractivity (Wildman–Crippen MR) is 65.3 cm³/mol. The lowest BCUT2D eigenvalue weighted by atomic mass is 10.3. The first-order valence-corrected chi connectivity index (χ1v) is 5.92. The maximum atomic E-state index is 9.79. The first-order chi connectivity index (χ1) is 7.11. The van der Waals surface area contributed by atoms with Crippen molar-refractivity contribution in [1.82, 2.24) is 9.78 Å². The molecule has 0 aliphatic rings. The summed E-state index contributed by atoms with van der Waals surface area (Å²) in [5, 5.41) is 14.0. The van der Waals surface area contributed by atoms with Crippen molar-refractivity contribution in [1.29, 1.82) is 0 Å². The molecule has 5 nitrogen and oxygen atoms in total. The first kappa shape index (κ1) is 12.9. The zero-order valence-corrected chi connectivity index (χ0v) is 11.0. The Morgan fingerprint density at radius 1 is 1.73 bits per heavy atom. The van der Waals surface area contributed by atoms with Gasteiger partial charge in [0.15, 0.2) is 6.29 Å². The molecule has 1 aromatic heterocycles. The molecule has 0 spiro atoms. The number of aliphatic hydroxyl groups excluding tert-OH is 1. The number of ether oxygens (including phenoxy) is 1. The number of nitrogens with zero attached hydrogens (tertiary/aromatic N) is 2. The number of rotatable bonds is 5. The summed E-state index contributed by atoms with van der Waals surface area (Å²) in [5.41, 5.74) is 6.25. The van der Waals surface area contributed by atoms with Crippen LogP contribution >= 0.6 is 22.6 Å². The van der Waals surface area contributed by atoms with E-state index in [1.807, 2.05) is 13.8 Å². The quantitative estimate of drug-likeness (QED) is 0.627. The molecule has 2 atom stereocenters. The second-order valence-corrected chi connectivity index (χ2v) is 4.38. The van der Waals surface area contributed by atoms with Crippen LogP contribution in [-0.4, -0.2) is 28.0 Å². The highest BCUT2D eigenvalue weighted by molar-refractivity contribution is 14.1. The van der Waals surface area contributed by atoms with E-state index in [-0.39, 0.29) is 6.04 Å². The number of nitrogens with two attached hydrogens (primary N) is 1. The standard InChI is InChI=1S/C9H16IN3O2/c1-3-15-9(14)8-7(10)5-12-13(8)6(2)4-11/h5-6,9,14H,3-4,11H2,1-2H3/t6-,9?/m0/s1. The van der Waals surface area contributed by atoms with Crippen LogP contribution in [0.1, 0.15) is 31.9 Å². The molecule has 0 aliphatic heterocycles. The Labute approximate surface area is 103 Å². The van der Waals surface area contributed by atoms with Gasteiger partial charge < -0.3 is 15.6 Å². The summed E-state index contributed by atoms with van der Waals surface area (Å²) in [6.45, 7) is 4.72. The third-order valence-corrected chi connectivity index (χ3v) is 2.94. The number of halogens is 1. The summed E-state index contributed by atoms with van der Waals surface area (Å²) in [6.07, 6.45) is 0.767. The van der Waals surface area contributed by atoms with E-state index in [9.17, 15) is 5.11 Å². The summed E-state index contributed by atoms with van der Waals surface area (Å²) in [7, 11) is 0. The second kappa shape index (κ2) is 5.78. The van der Waals surface area contributed by atoms with Gasteiger partial charge in [-0.2, -0.15) is 5.10 Å². The van der Waals surface area contributed by atoms with Gasteiger partial charge in [0.1, 0.15) is 5.69 Å². The molecule has 0 amide bonds. The van der Waals surface area contributed by atoms with E-state index in [0.29, 0.717) is 18.8 Å². The van der Waals surface area contributed by atoms with Gasteiger partial charge in [-0.05, 0) is 36.4 Å². The minimum absolute atomic E-state index is 0.0543. The van der Waals surface area contributed by atoms with Gasteiger partial charge in [0.05, 0.1) is 15.8 Å². The van der Waals surface area contributed by atoms with Gasteiger partial charge >= 0.3 is 0 Å². The Bertz CT molecular complexity index is 316. The van der Waals surface area contributed by atoms with Crippen molar-refractivity contribution < 1.29 is 9.84 Å². The molecular formula is C9H16IN3O2. The highest BCUT2D eigenvalue weighted by Crippen LogP contribution is 2.23. The van der Waals surface area contributed by atoms with Gasteiger partial charge in [-0.25, -0.2) is 0 Å². The van der Waals surface area contributed by atoms with Crippen molar-refractivity contribution in [3.8, 4) is 0 Å². The molecule has 1 aromatic rings. The van der Waals surface area contributed by atoms with Crippen molar-refractivity contribution in [2.24, 2.45) is 5.73 Å². The number of hydrogen-bond donors (Lipinski definition) is 2. The summed E-state index contributed by atoms with van der Waals surface area (Å²) in [6, 6.07) is 0.0543. The molecule has 1 rings (SSSR count). The van der Waals surface area contributed by atoms with Crippen molar-refractivity contribution in [3.05, 3.63) is 15.5 Å². The highest BCUT2D eigenvalue weighted by Gasteiger charge is 2.20. The van der Waals surface area contributed by atoms with Gasteiger partial charge in [-0.15, -0.1) is 0 Å². The van der Waals surface area contributed by atoms with Crippen LogP contribution in [0.15, 0.2) is 6.20 Å². The normalized spacial score (nSPS) is 15.3. The van der Waals surface area contributed by atoms with E-state index in [2.05, 4.69) is 27.7 Å². The molecule has 0 aliphatic carbocycles. The van der Waals surface area contributed by atoms with Crippen molar-refractivity contribution >= 4 is 22.6 Å². The Kier molecular flexibility index (Phi) is 4.97. The average molecular weight is 325 g/mol. The number of hydrogen-bond acceptors (Lipinski definition) is 4. The summed E-state index contributed by atoms with van der Waals surface area (Å²) < 4.78 is 7.75. The monoisotopic (exact) mass is 325 g/mol. The van der Waals surface area contributed by atoms with Gasteiger partial charge in [-0.3, -0.25) is 4.68 Å². The third-order valence-electron chi connectivity index (χ3n) is 2.10. The van der Waals surface area contributed by atoms with E-state index < -0.39 is 6.29 Å². The van der Waals surface area contributed by atoms with Gasteiger partial charge in [0.2, 0.25) is 0 Å². The molecule has 3 N–H and O–H groups in total. The molecule has 0 radical (unpaired) electrons. The minimum Gasteiger partial charge on any atom is -0.363 e. The molecule has 0 saturated heterocycles. The lowest BCUT2D eigenvalue weighted by Gasteiger charge is -2.17. The highest BCUT2D eigenvalue weighted by atomic mass is 127. The summed E-state index contributed by atoms with van der Waals surface area (Å²) in [4.78, 5) is 0. The fourth-order valence-corrected chi connectivity index (χ4v) is 1.91. The van der Waals surface area contributed by atoms with E-state index in [4.69, 9.17) is 10.5 Å². The Morgan fingerprint density at radius 2 is 2.40 bits per heavy atom. The first-order valence-electron chi connectivity index (χ1n) is 4.84. The van der Waals surface area contributed by atoms with E-state index in [1.165, 1.54) is 0 Å². The molecule has 0 bridgehead atoms. The smallest absolute Gasteiger partial charge is 0.199 e. The molecule has 0 fully saturated rings. The lowest BCUT2D eigenvalue weighted by Crippen LogP contribution is -2.21. The predicted octanol–water partition coefficient (Wildman–Crippen LogP) is 1.03. The second-order valence-electron chi connectivity index (χ2n) is 3.21. The largest absolute Gasteiger partial charge is 0.363 e. The fraction of sp³-hybridized carbons (Fsp3) is 0.667. The van der Waals surface area contributed by atoms with E-state index in [1.54, 1.807) is 10.9 Å². The molecule has 0 saturated carbocycles. The molecule has 1 unspecified atom stereocenters. The molecular weight excluding hydrogens is 309 g/mol. The van der Waals surface area contributed by atoms with Crippen LogP contribution in [0.5, 0.6) is 0 Å². The molecule has 6 heteroatoms. The fourth-order valence-electron chi connectivity index (χ4n) is 1.27. The van der Waals surface area contributed by atoms with Crippen LogP contribution in [0.4, 0.5) is 0 Å². The zero-order valence-electron chi connectivity index (χ0n) is 8.85. The van der Waals surface area contributed by atoms with Crippen LogP contribution in [0.25, 0.3) is 0 Å². The maximum absolute atomic E-state index is 9.79. The van der Waals surface area contributed by atoms with E-state index >= 15 is 0 Å². The number of aliphatic hydroxyl groups is 1. The zero-order chi connectivity index (χ0) is 11.4.